The van der Waals surface area contributed by atoms with Crippen LogP contribution in [0, 0.1) is 6.92 Å². The zero-order valence-electron chi connectivity index (χ0n) is 15.3. The van der Waals surface area contributed by atoms with E-state index in [0.29, 0.717) is 12.5 Å². The van der Waals surface area contributed by atoms with E-state index >= 15 is 0 Å². The summed E-state index contributed by atoms with van der Waals surface area (Å²) >= 11 is 0. The van der Waals surface area contributed by atoms with E-state index in [1.165, 1.54) is 11.1 Å². The first-order chi connectivity index (χ1) is 12.7. The van der Waals surface area contributed by atoms with Crippen LogP contribution < -0.4 is 0 Å². The van der Waals surface area contributed by atoms with Crippen molar-refractivity contribution in [3.05, 3.63) is 66.0 Å². The van der Waals surface area contributed by atoms with Crippen molar-refractivity contribution in [1.82, 2.24) is 14.5 Å². The van der Waals surface area contributed by atoms with Gasteiger partial charge in [0, 0.05) is 19.5 Å². The van der Waals surface area contributed by atoms with E-state index < -0.39 is 0 Å². The number of aromatic nitrogens is 2. The molecule has 0 bridgehead atoms. The highest BCUT2D eigenvalue weighted by Gasteiger charge is 2.28. The van der Waals surface area contributed by atoms with E-state index in [-0.39, 0.29) is 5.91 Å². The zero-order valence-corrected chi connectivity index (χ0v) is 15.3. The summed E-state index contributed by atoms with van der Waals surface area (Å²) in [6.45, 7) is 3.70. The van der Waals surface area contributed by atoms with E-state index in [9.17, 15) is 4.79 Å². The number of hydrogen-bond acceptors (Lipinski definition) is 2. The molecule has 1 aliphatic rings. The average molecular weight is 347 g/mol. The van der Waals surface area contributed by atoms with Crippen LogP contribution in [0.2, 0.25) is 0 Å². The number of imidazole rings is 1. The van der Waals surface area contributed by atoms with E-state index in [1.54, 1.807) is 0 Å². The number of hydrogen-bond donors (Lipinski definition) is 0. The second-order valence-corrected chi connectivity index (χ2v) is 7.14. The summed E-state index contributed by atoms with van der Waals surface area (Å²) in [4.78, 5) is 19.3. The Labute approximate surface area is 154 Å². The first kappa shape index (κ1) is 16.8. The molecule has 1 saturated heterocycles. The average Bonchev–Trinajstić information content (AvgIpc) is 3.26. The number of aryl methyl sites for hydroxylation is 2. The van der Waals surface area contributed by atoms with Crippen LogP contribution in [0.3, 0.4) is 0 Å². The van der Waals surface area contributed by atoms with Gasteiger partial charge in [-0.3, -0.25) is 4.79 Å². The molecular weight excluding hydrogens is 322 g/mol. The predicted molar refractivity (Wildman–Crippen MR) is 104 cm³/mol. The van der Waals surface area contributed by atoms with Crippen LogP contribution in [-0.4, -0.2) is 33.4 Å². The molecule has 4 nitrogen and oxygen atoms in total. The quantitative estimate of drug-likeness (QED) is 0.696. The summed E-state index contributed by atoms with van der Waals surface area (Å²) in [5, 5.41) is 0. The number of likely N-dealkylation sites (tertiary alicyclic amines) is 1. The maximum absolute atomic E-state index is 12.6. The van der Waals surface area contributed by atoms with Gasteiger partial charge in [0.1, 0.15) is 5.82 Å². The highest BCUT2D eigenvalue weighted by Crippen LogP contribution is 2.28. The molecule has 26 heavy (non-hydrogen) atoms. The van der Waals surface area contributed by atoms with E-state index in [2.05, 4.69) is 58.9 Å². The summed E-state index contributed by atoms with van der Waals surface area (Å²) in [5.41, 5.74) is 3.52. The van der Waals surface area contributed by atoms with Gasteiger partial charge < -0.3 is 9.47 Å². The highest BCUT2D eigenvalue weighted by atomic mass is 16.2. The molecule has 0 radical (unpaired) electrons. The summed E-state index contributed by atoms with van der Waals surface area (Å²) in [6, 6.07) is 19.0. The van der Waals surface area contributed by atoms with Crippen molar-refractivity contribution in [2.45, 2.75) is 38.6 Å². The summed E-state index contributed by atoms with van der Waals surface area (Å²) in [7, 11) is 0. The molecule has 2 aromatic carbocycles. The molecule has 1 fully saturated rings. The van der Waals surface area contributed by atoms with Gasteiger partial charge in [-0.2, -0.15) is 0 Å². The van der Waals surface area contributed by atoms with Crippen LogP contribution in [-0.2, 0) is 11.2 Å². The molecule has 0 unspecified atom stereocenters. The number of carbonyl (C=O) groups excluding carboxylic acids is 1. The van der Waals surface area contributed by atoms with Crippen molar-refractivity contribution in [3.8, 4) is 0 Å². The molecule has 1 aromatic heterocycles. The van der Waals surface area contributed by atoms with Gasteiger partial charge in [-0.15, -0.1) is 0 Å². The fourth-order valence-corrected chi connectivity index (χ4v) is 4.05. The van der Waals surface area contributed by atoms with Crippen LogP contribution in [0.4, 0.5) is 0 Å². The van der Waals surface area contributed by atoms with Gasteiger partial charge in [0.15, 0.2) is 0 Å². The van der Waals surface area contributed by atoms with Crippen LogP contribution >= 0.6 is 0 Å². The largest absolute Gasteiger partial charge is 0.341 e. The number of amides is 1. The van der Waals surface area contributed by atoms with Gasteiger partial charge in [-0.05, 0) is 43.9 Å². The minimum absolute atomic E-state index is 0.283. The Kier molecular flexibility index (Phi) is 4.74. The maximum atomic E-state index is 12.6. The van der Waals surface area contributed by atoms with Crippen molar-refractivity contribution >= 4 is 16.9 Å². The fraction of sp³-hybridized carbons (Fsp3) is 0.364. The maximum Gasteiger partial charge on any atom is 0.222 e. The second kappa shape index (κ2) is 7.32. The number of nitrogens with zero attached hydrogens (tertiary/aromatic N) is 3. The standard InChI is InChI=1S/C22H25N3O/c1-17-23-20-11-5-6-12-21(20)25(17)19-14-15-24(16-19)22(26)13-7-10-18-8-3-2-4-9-18/h2-6,8-9,11-12,19H,7,10,13-16H2,1H3/t19-/m0/s1. The van der Waals surface area contributed by atoms with Crippen molar-refractivity contribution in [3.63, 3.8) is 0 Å². The lowest BCUT2D eigenvalue weighted by Crippen LogP contribution is -2.29. The topological polar surface area (TPSA) is 38.1 Å². The molecule has 0 saturated carbocycles. The van der Waals surface area contributed by atoms with E-state index in [1.807, 2.05) is 17.0 Å². The van der Waals surface area contributed by atoms with Crippen molar-refractivity contribution in [1.29, 1.82) is 0 Å². The van der Waals surface area contributed by atoms with Gasteiger partial charge >= 0.3 is 0 Å². The Bertz CT molecular complexity index is 900. The van der Waals surface area contributed by atoms with Crippen LogP contribution in [0.25, 0.3) is 11.0 Å². The fourth-order valence-electron chi connectivity index (χ4n) is 4.05. The van der Waals surface area contributed by atoms with E-state index in [4.69, 9.17) is 0 Å². The Morgan fingerprint density at radius 1 is 1.12 bits per heavy atom. The first-order valence-corrected chi connectivity index (χ1v) is 9.47. The predicted octanol–water partition coefficient (Wildman–Crippen LogP) is 4.14. The SMILES string of the molecule is Cc1nc2ccccc2n1[C@H]1CCN(C(=O)CCCc2ccccc2)C1. The molecule has 0 N–H and O–H groups in total. The van der Waals surface area contributed by atoms with Crippen molar-refractivity contribution < 1.29 is 4.79 Å². The number of benzene rings is 2. The zero-order chi connectivity index (χ0) is 17.9. The molecule has 4 rings (SSSR count). The molecule has 134 valence electrons. The van der Waals surface area contributed by atoms with Gasteiger partial charge in [0.2, 0.25) is 5.91 Å². The van der Waals surface area contributed by atoms with Gasteiger partial charge in [0.05, 0.1) is 17.1 Å². The smallest absolute Gasteiger partial charge is 0.222 e. The van der Waals surface area contributed by atoms with Gasteiger partial charge in [0.25, 0.3) is 0 Å². The number of fused-ring (bicyclic) bond motifs is 1. The lowest BCUT2D eigenvalue weighted by molar-refractivity contribution is -0.130. The van der Waals surface area contributed by atoms with E-state index in [0.717, 1.165) is 43.7 Å². The number of para-hydroxylation sites is 2. The lowest BCUT2D eigenvalue weighted by Gasteiger charge is -2.18. The molecular formula is C22H25N3O. The Balaban J connectivity index is 1.37. The second-order valence-electron chi connectivity index (χ2n) is 7.14. The monoisotopic (exact) mass is 347 g/mol. The summed E-state index contributed by atoms with van der Waals surface area (Å²) < 4.78 is 2.31. The Morgan fingerprint density at radius 2 is 1.88 bits per heavy atom. The number of rotatable bonds is 5. The third-order valence-corrected chi connectivity index (χ3v) is 5.35. The van der Waals surface area contributed by atoms with Crippen molar-refractivity contribution in [2.75, 3.05) is 13.1 Å². The molecule has 1 amide bonds. The van der Waals surface area contributed by atoms with Gasteiger partial charge in [-0.1, -0.05) is 42.5 Å². The van der Waals surface area contributed by atoms with Crippen LogP contribution in [0.15, 0.2) is 54.6 Å². The number of carbonyl (C=O) groups is 1. The molecule has 2 heterocycles. The molecule has 4 heteroatoms. The molecule has 3 aromatic rings. The summed E-state index contributed by atoms with van der Waals surface area (Å²) in [5.74, 6) is 1.32. The molecule has 0 spiro atoms. The highest BCUT2D eigenvalue weighted by molar-refractivity contribution is 5.77. The van der Waals surface area contributed by atoms with Crippen LogP contribution in [0.1, 0.15) is 36.7 Å². The minimum Gasteiger partial charge on any atom is -0.341 e. The summed E-state index contributed by atoms with van der Waals surface area (Å²) in [6.07, 6.45) is 3.52. The first-order valence-electron chi connectivity index (χ1n) is 9.47. The molecule has 0 aliphatic carbocycles. The minimum atomic E-state index is 0.283. The normalized spacial score (nSPS) is 17.1. The van der Waals surface area contributed by atoms with Crippen LogP contribution in [0.5, 0.6) is 0 Å². The Hall–Kier alpha value is -2.62. The molecule has 1 aliphatic heterocycles. The Morgan fingerprint density at radius 3 is 2.73 bits per heavy atom. The van der Waals surface area contributed by atoms with Crippen molar-refractivity contribution in [2.24, 2.45) is 0 Å². The third-order valence-electron chi connectivity index (χ3n) is 5.35. The van der Waals surface area contributed by atoms with Gasteiger partial charge in [-0.25, -0.2) is 4.98 Å². The third kappa shape index (κ3) is 3.36. The molecule has 1 atom stereocenters. The lowest BCUT2D eigenvalue weighted by atomic mass is 10.1.